The summed E-state index contributed by atoms with van der Waals surface area (Å²) in [5.41, 5.74) is 0. The molecule has 0 spiro atoms. The number of hydrogen-bond donors (Lipinski definition) is 6. The lowest BCUT2D eigenvalue weighted by molar-refractivity contribution is 0.135. The van der Waals surface area contributed by atoms with Gasteiger partial charge in [-0.25, -0.2) is 9.59 Å². The maximum Gasteiger partial charge on any atom is 0.503 e. The van der Waals surface area contributed by atoms with Crippen molar-refractivity contribution in [3.8, 4) is 0 Å². The predicted molar refractivity (Wildman–Crippen MR) is 51.2 cm³/mol. The van der Waals surface area contributed by atoms with Gasteiger partial charge in [-0.15, -0.1) is 0 Å². The van der Waals surface area contributed by atoms with Crippen molar-refractivity contribution >= 4 is 47.0 Å². The molecule has 0 unspecified atom stereocenters. The van der Waals surface area contributed by atoms with Crippen molar-refractivity contribution in [1.29, 1.82) is 0 Å². The van der Waals surface area contributed by atoms with Crippen molar-refractivity contribution in [2.45, 2.75) is 0 Å². The summed E-state index contributed by atoms with van der Waals surface area (Å²) in [7, 11) is 0. The van der Waals surface area contributed by atoms with Gasteiger partial charge in [0.05, 0.1) is 0 Å². The number of carbonyl (C=O) groups is 2. The molecular formula is C2H16Al2N2O6. The van der Waals surface area contributed by atoms with Gasteiger partial charge in [-0.3, -0.25) is 0 Å². The number of rotatable bonds is 0. The molecule has 76 valence electrons. The smallest absolute Gasteiger partial charge is 0.450 e. The second kappa shape index (κ2) is 31.3. The zero-order valence-corrected chi connectivity index (χ0v) is 5.02. The molecule has 0 rings (SSSR count). The SMILES string of the molecule is N.N.O=C(O)O.O=C(O)O.[AlH3].[AlH3]. The fourth-order valence-corrected chi connectivity index (χ4v) is 0. The summed E-state index contributed by atoms with van der Waals surface area (Å²) in [5.74, 6) is 0. The highest BCUT2D eigenvalue weighted by atomic mass is 27.0. The van der Waals surface area contributed by atoms with Gasteiger partial charge in [-0.1, -0.05) is 0 Å². The molecule has 0 aromatic heterocycles. The molecule has 0 bridgehead atoms. The molecule has 0 saturated heterocycles. The van der Waals surface area contributed by atoms with E-state index in [1.165, 1.54) is 0 Å². The zero-order valence-electron chi connectivity index (χ0n) is 5.02. The van der Waals surface area contributed by atoms with Crippen LogP contribution >= 0.6 is 0 Å². The van der Waals surface area contributed by atoms with Gasteiger partial charge < -0.3 is 32.7 Å². The minimum Gasteiger partial charge on any atom is -0.450 e. The van der Waals surface area contributed by atoms with Crippen molar-refractivity contribution < 1.29 is 30.0 Å². The Bertz CT molecular complexity index is 79.5. The van der Waals surface area contributed by atoms with E-state index in [1.54, 1.807) is 0 Å². The minimum absolute atomic E-state index is 0. The molecule has 0 heterocycles. The van der Waals surface area contributed by atoms with Crippen LogP contribution < -0.4 is 12.3 Å². The molecule has 0 amide bonds. The Kier molecular flexibility index (Phi) is 109. The Morgan fingerprint density at radius 1 is 0.667 bits per heavy atom. The van der Waals surface area contributed by atoms with E-state index in [1.807, 2.05) is 0 Å². The summed E-state index contributed by atoms with van der Waals surface area (Å²) in [6.07, 6.45) is -3.67. The fourth-order valence-electron chi connectivity index (χ4n) is 0. The van der Waals surface area contributed by atoms with Gasteiger partial charge in [0.2, 0.25) is 0 Å². The average Bonchev–Trinajstić information content (AvgIpc) is 1.25. The standard InChI is InChI=1S/2CH2O3.2Al.2H3N.6H/c2*2-1(3)4;;;;;;;;;;/h2*(H2,2,3,4);;;2*1H3;;;;;;. The van der Waals surface area contributed by atoms with Gasteiger partial charge in [0.15, 0.2) is 34.7 Å². The van der Waals surface area contributed by atoms with Gasteiger partial charge in [0.1, 0.15) is 0 Å². The largest absolute Gasteiger partial charge is 0.503 e. The van der Waals surface area contributed by atoms with Gasteiger partial charge >= 0.3 is 12.3 Å². The van der Waals surface area contributed by atoms with Crippen molar-refractivity contribution in [1.82, 2.24) is 12.3 Å². The lowest BCUT2D eigenvalue weighted by Crippen LogP contribution is -1.81. The summed E-state index contributed by atoms with van der Waals surface area (Å²) in [6, 6.07) is 0. The highest BCUT2D eigenvalue weighted by Crippen LogP contribution is 1.43. The molecule has 0 atom stereocenters. The molecule has 10 heteroatoms. The van der Waals surface area contributed by atoms with Crippen molar-refractivity contribution in [2.24, 2.45) is 0 Å². The second-order valence-electron chi connectivity index (χ2n) is 0.565. The Hall–Kier alpha value is -0.475. The summed E-state index contributed by atoms with van der Waals surface area (Å²) in [4.78, 5) is 17.1. The highest BCUT2D eigenvalue weighted by Gasteiger charge is 1.70. The third-order valence-electron chi connectivity index (χ3n) is 0. The molecule has 10 N–H and O–H groups in total. The van der Waals surface area contributed by atoms with E-state index < -0.39 is 12.3 Å². The molecule has 0 fully saturated rings. The first-order valence-electron chi connectivity index (χ1n) is 1.30. The van der Waals surface area contributed by atoms with Crippen LogP contribution in [0.4, 0.5) is 9.59 Å². The number of hydrogen-bond acceptors (Lipinski definition) is 4. The first-order chi connectivity index (χ1) is 3.46. The van der Waals surface area contributed by atoms with Crippen LogP contribution in [0, 0.1) is 0 Å². The van der Waals surface area contributed by atoms with E-state index >= 15 is 0 Å². The van der Waals surface area contributed by atoms with E-state index in [-0.39, 0.29) is 47.0 Å². The number of carboxylic acid groups (broad SMARTS) is 4. The maximum absolute atomic E-state index is 8.56. The third kappa shape index (κ3) is 3070. The zero-order chi connectivity index (χ0) is 7.15. The highest BCUT2D eigenvalue weighted by molar-refractivity contribution is 5.76. The van der Waals surface area contributed by atoms with Crippen molar-refractivity contribution in [3.63, 3.8) is 0 Å². The Morgan fingerprint density at radius 3 is 0.667 bits per heavy atom. The van der Waals surface area contributed by atoms with Crippen molar-refractivity contribution in [3.05, 3.63) is 0 Å². The molecule has 0 saturated carbocycles. The molecule has 12 heavy (non-hydrogen) atoms. The lowest BCUT2D eigenvalue weighted by atomic mass is 11.5. The van der Waals surface area contributed by atoms with Crippen LogP contribution in [0.2, 0.25) is 0 Å². The maximum atomic E-state index is 8.56. The summed E-state index contributed by atoms with van der Waals surface area (Å²) in [5, 5.41) is 27.9. The molecule has 0 aliphatic rings. The molecule has 0 aliphatic carbocycles. The molecular weight excluding hydrogens is 202 g/mol. The van der Waals surface area contributed by atoms with Gasteiger partial charge in [-0.05, 0) is 0 Å². The van der Waals surface area contributed by atoms with E-state index in [4.69, 9.17) is 30.0 Å². The van der Waals surface area contributed by atoms with Crippen molar-refractivity contribution in [2.75, 3.05) is 0 Å². The van der Waals surface area contributed by atoms with Crippen LogP contribution in [-0.2, 0) is 0 Å². The first-order valence-corrected chi connectivity index (χ1v) is 1.30. The summed E-state index contributed by atoms with van der Waals surface area (Å²) < 4.78 is 0. The lowest BCUT2D eigenvalue weighted by Gasteiger charge is -1.60. The van der Waals surface area contributed by atoms with E-state index in [0.717, 1.165) is 0 Å². The van der Waals surface area contributed by atoms with Gasteiger partial charge in [0, 0.05) is 0 Å². The molecule has 0 aromatic carbocycles. The van der Waals surface area contributed by atoms with Crippen LogP contribution in [0.1, 0.15) is 0 Å². The van der Waals surface area contributed by atoms with Crippen LogP contribution in [0.5, 0.6) is 0 Å². The molecule has 8 nitrogen and oxygen atoms in total. The van der Waals surface area contributed by atoms with Crippen LogP contribution in [0.25, 0.3) is 0 Å². The van der Waals surface area contributed by atoms with Crippen LogP contribution in [0.15, 0.2) is 0 Å². The molecule has 0 aromatic rings. The summed E-state index contributed by atoms with van der Waals surface area (Å²) in [6.45, 7) is 0. The Balaban J connectivity index is -0.0000000112. The van der Waals surface area contributed by atoms with Crippen LogP contribution in [0.3, 0.4) is 0 Å². The van der Waals surface area contributed by atoms with E-state index in [9.17, 15) is 0 Å². The topological polar surface area (TPSA) is 185 Å². The average molecular weight is 218 g/mol. The fraction of sp³-hybridized carbons (Fsp3) is 0. The Morgan fingerprint density at radius 2 is 0.667 bits per heavy atom. The van der Waals surface area contributed by atoms with E-state index in [2.05, 4.69) is 0 Å². The molecule has 0 aliphatic heterocycles. The molecule has 0 radical (unpaired) electrons. The quantitative estimate of drug-likeness (QED) is 0.262. The Labute approximate surface area is 89.6 Å². The minimum atomic E-state index is -1.83. The first kappa shape index (κ1) is 41.8. The third-order valence-corrected chi connectivity index (χ3v) is 0. The monoisotopic (exact) mass is 218 g/mol. The van der Waals surface area contributed by atoms with E-state index in [0.29, 0.717) is 0 Å². The second-order valence-corrected chi connectivity index (χ2v) is 0.565. The predicted octanol–water partition coefficient (Wildman–Crippen LogP) is -1.60. The van der Waals surface area contributed by atoms with Gasteiger partial charge in [0.25, 0.3) is 0 Å². The normalized spacial score (nSPS) is 4.00. The van der Waals surface area contributed by atoms with Crippen LogP contribution in [-0.4, -0.2) is 67.5 Å². The van der Waals surface area contributed by atoms with Gasteiger partial charge in [-0.2, -0.15) is 0 Å². The summed E-state index contributed by atoms with van der Waals surface area (Å²) >= 11 is 0.